The summed E-state index contributed by atoms with van der Waals surface area (Å²) in [7, 11) is 0. The molecule has 0 aliphatic heterocycles. The highest BCUT2D eigenvalue weighted by molar-refractivity contribution is 6.12. The van der Waals surface area contributed by atoms with Crippen LogP contribution in [0.5, 0.6) is 5.75 Å². The Bertz CT molecular complexity index is 435. The number of benzene rings is 1. The van der Waals surface area contributed by atoms with Crippen molar-refractivity contribution in [1.82, 2.24) is 0 Å². The van der Waals surface area contributed by atoms with Crippen LogP contribution in [0.2, 0.25) is 0 Å². The fourth-order valence-electron chi connectivity index (χ4n) is 1.07. The summed E-state index contributed by atoms with van der Waals surface area (Å²) < 4.78 is 0. The Labute approximate surface area is 88.1 Å². The van der Waals surface area contributed by atoms with Crippen molar-refractivity contribution in [2.45, 2.75) is 6.92 Å². The number of hydrogen-bond acceptors (Lipinski definition) is 3. The van der Waals surface area contributed by atoms with Crippen molar-refractivity contribution in [2.75, 3.05) is 0 Å². The van der Waals surface area contributed by atoms with E-state index in [1.807, 2.05) is 0 Å². The summed E-state index contributed by atoms with van der Waals surface area (Å²) in [4.78, 5) is 0. The van der Waals surface area contributed by atoms with Gasteiger partial charge < -0.3 is 16.2 Å². The number of phenols is 1. The Balaban J connectivity index is 3.02. The summed E-state index contributed by atoms with van der Waals surface area (Å²) in [5, 5.41) is 24.3. The number of nitrogens with one attached hydrogen (secondary N) is 2. The first kappa shape index (κ1) is 11.0. The van der Waals surface area contributed by atoms with E-state index in [9.17, 15) is 5.11 Å². The van der Waals surface area contributed by atoms with E-state index in [-0.39, 0.29) is 17.3 Å². The quantitative estimate of drug-likeness (QED) is 0.444. The Morgan fingerprint density at radius 3 is 2.47 bits per heavy atom. The van der Waals surface area contributed by atoms with Crippen LogP contribution in [0, 0.1) is 10.8 Å². The first-order valence-corrected chi connectivity index (χ1v) is 4.42. The van der Waals surface area contributed by atoms with Gasteiger partial charge in [-0.05, 0) is 30.7 Å². The second-order valence-corrected chi connectivity index (χ2v) is 3.17. The van der Waals surface area contributed by atoms with Crippen LogP contribution in [-0.4, -0.2) is 16.7 Å². The number of amidine groups is 1. The minimum atomic E-state index is -0.0739. The van der Waals surface area contributed by atoms with Gasteiger partial charge in [0, 0.05) is 5.56 Å². The van der Waals surface area contributed by atoms with Gasteiger partial charge in [-0.3, -0.25) is 5.41 Å². The standard InChI is InChI=1S/C11H13N3O/c1-7(11(13)14)6-9(12)8-4-2-3-5-10(8)15/h2-6,12,15H,1H3,(H3,13,14)/b7-6-,12-9?. The van der Waals surface area contributed by atoms with E-state index >= 15 is 0 Å². The van der Waals surface area contributed by atoms with E-state index in [4.69, 9.17) is 16.6 Å². The Morgan fingerprint density at radius 1 is 1.33 bits per heavy atom. The molecule has 0 aliphatic carbocycles. The maximum Gasteiger partial charge on any atom is 0.124 e. The highest BCUT2D eigenvalue weighted by atomic mass is 16.3. The van der Waals surface area contributed by atoms with Crippen LogP contribution in [0.1, 0.15) is 12.5 Å². The summed E-state index contributed by atoms with van der Waals surface area (Å²) in [6, 6.07) is 6.58. The maximum absolute atomic E-state index is 9.48. The lowest BCUT2D eigenvalue weighted by Crippen LogP contribution is -2.12. The molecule has 0 atom stereocenters. The zero-order valence-corrected chi connectivity index (χ0v) is 8.41. The third kappa shape index (κ3) is 2.67. The molecule has 0 saturated carbocycles. The molecule has 0 radical (unpaired) electrons. The van der Waals surface area contributed by atoms with Gasteiger partial charge in [0.25, 0.3) is 0 Å². The SMILES string of the molecule is C/C(=C/C(=N)c1ccccc1O)C(=N)N. The third-order valence-corrected chi connectivity index (χ3v) is 1.98. The van der Waals surface area contributed by atoms with Gasteiger partial charge in [-0.15, -0.1) is 0 Å². The van der Waals surface area contributed by atoms with Gasteiger partial charge in [-0.2, -0.15) is 0 Å². The summed E-state index contributed by atoms with van der Waals surface area (Å²) in [6.45, 7) is 1.65. The van der Waals surface area contributed by atoms with Crippen molar-refractivity contribution in [3.8, 4) is 5.75 Å². The van der Waals surface area contributed by atoms with Gasteiger partial charge in [-0.1, -0.05) is 12.1 Å². The average Bonchev–Trinajstić information content (AvgIpc) is 2.18. The number of rotatable bonds is 3. The Morgan fingerprint density at radius 2 is 1.93 bits per heavy atom. The van der Waals surface area contributed by atoms with Crippen molar-refractivity contribution in [2.24, 2.45) is 5.73 Å². The fourth-order valence-corrected chi connectivity index (χ4v) is 1.07. The van der Waals surface area contributed by atoms with E-state index in [2.05, 4.69) is 0 Å². The molecule has 0 bridgehead atoms. The van der Waals surface area contributed by atoms with Crippen LogP contribution >= 0.6 is 0 Å². The highest BCUT2D eigenvalue weighted by Gasteiger charge is 2.04. The summed E-state index contributed by atoms with van der Waals surface area (Å²) >= 11 is 0. The number of aromatic hydroxyl groups is 1. The molecule has 15 heavy (non-hydrogen) atoms. The van der Waals surface area contributed by atoms with E-state index in [1.165, 1.54) is 12.1 Å². The molecular weight excluding hydrogens is 190 g/mol. The summed E-state index contributed by atoms with van der Waals surface area (Å²) in [5.41, 5.74) is 6.33. The molecular formula is C11H13N3O. The van der Waals surface area contributed by atoms with Gasteiger partial charge in [0.15, 0.2) is 0 Å². The van der Waals surface area contributed by atoms with Crippen LogP contribution in [0.25, 0.3) is 0 Å². The largest absolute Gasteiger partial charge is 0.507 e. The van der Waals surface area contributed by atoms with Crippen molar-refractivity contribution in [1.29, 1.82) is 10.8 Å². The van der Waals surface area contributed by atoms with Crippen LogP contribution in [0.15, 0.2) is 35.9 Å². The minimum Gasteiger partial charge on any atom is -0.507 e. The molecule has 4 heteroatoms. The normalized spacial score (nSPS) is 11.1. The molecule has 0 saturated heterocycles. The van der Waals surface area contributed by atoms with Crippen molar-refractivity contribution in [3.05, 3.63) is 41.5 Å². The molecule has 0 spiro atoms. The Hall–Kier alpha value is -2.10. The molecule has 0 amide bonds. The molecule has 0 unspecified atom stereocenters. The summed E-state index contributed by atoms with van der Waals surface area (Å²) in [5.74, 6) is -0.0229. The third-order valence-electron chi connectivity index (χ3n) is 1.98. The minimum absolute atomic E-state index is 0.0510. The molecule has 0 heterocycles. The van der Waals surface area contributed by atoms with Gasteiger partial charge in [-0.25, -0.2) is 0 Å². The average molecular weight is 203 g/mol. The number of hydrogen-bond donors (Lipinski definition) is 4. The van der Waals surface area contributed by atoms with Crippen molar-refractivity contribution >= 4 is 11.5 Å². The molecule has 5 N–H and O–H groups in total. The molecule has 1 aromatic rings. The fraction of sp³-hybridized carbons (Fsp3) is 0.0909. The highest BCUT2D eigenvalue weighted by Crippen LogP contribution is 2.16. The van der Waals surface area contributed by atoms with Gasteiger partial charge in [0.2, 0.25) is 0 Å². The second-order valence-electron chi connectivity index (χ2n) is 3.17. The maximum atomic E-state index is 9.48. The summed E-state index contributed by atoms with van der Waals surface area (Å²) in [6.07, 6.45) is 1.46. The van der Waals surface area contributed by atoms with Gasteiger partial charge in [0.05, 0.1) is 5.71 Å². The number of allylic oxidation sites excluding steroid dienone is 1. The first-order valence-electron chi connectivity index (χ1n) is 4.42. The zero-order valence-electron chi connectivity index (χ0n) is 8.41. The second kappa shape index (κ2) is 4.41. The predicted octanol–water partition coefficient (Wildman–Crippen LogP) is 1.64. The number of nitrogens with two attached hydrogens (primary N) is 1. The number of phenolic OH excluding ortho intramolecular Hbond substituents is 1. The molecule has 1 aromatic carbocycles. The topological polar surface area (TPSA) is 94.0 Å². The molecule has 78 valence electrons. The molecule has 1 rings (SSSR count). The Kier molecular flexibility index (Phi) is 3.23. The van der Waals surface area contributed by atoms with Crippen LogP contribution < -0.4 is 5.73 Å². The van der Waals surface area contributed by atoms with E-state index in [0.29, 0.717) is 11.1 Å². The van der Waals surface area contributed by atoms with Crippen LogP contribution in [0.3, 0.4) is 0 Å². The van der Waals surface area contributed by atoms with Crippen LogP contribution in [-0.2, 0) is 0 Å². The van der Waals surface area contributed by atoms with E-state index in [0.717, 1.165) is 0 Å². The molecule has 0 aromatic heterocycles. The lowest BCUT2D eigenvalue weighted by atomic mass is 10.1. The van der Waals surface area contributed by atoms with Gasteiger partial charge in [0.1, 0.15) is 11.6 Å². The molecule has 4 nitrogen and oxygen atoms in total. The number of para-hydroxylation sites is 1. The van der Waals surface area contributed by atoms with Crippen molar-refractivity contribution in [3.63, 3.8) is 0 Å². The predicted molar refractivity (Wildman–Crippen MR) is 60.6 cm³/mol. The van der Waals surface area contributed by atoms with E-state index < -0.39 is 0 Å². The molecule has 0 aliphatic rings. The van der Waals surface area contributed by atoms with E-state index in [1.54, 1.807) is 25.1 Å². The van der Waals surface area contributed by atoms with Crippen molar-refractivity contribution < 1.29 is 5.11 Å². The lowest BCUT2D eigenvalue weighted by molar-refractivity contribution is 0.474. The molecule has 0 fully saturated rings. The smallest absolute Gasteiger partial charge is 0.124 e. The van der Waals surface area contributed by atoms with Crippen LogP contribution in [0.4, 0.5) is 0 Å². The van der Waals surface area contributed by atoms with Gasteiger partial charge >= 0.3 is 0 Å². The lowest BCUT2D eigenvalue weighted by Gasteiger charge is -2.03. The monoisotopic (exact) mass is 203 g/mol. The first-order chi connectivity index (χ1) is 7.02. The zero-order chi connectivity index (χ0) is 11.4.